The molecular formula is C64H103N. The number of hydrogen-bond acceptors (Lipinski definition) is 1. The van der Waals surface area contributed by atoms with Gasteiger partial charge < -0.3 is 5.32 Å². The molecule has 1 atom stereocenters. The van der Waals surface area contributed by atoms with E-state index >= 15 is 0 Å². The van der Waals surface area contributed by atoms with Crippen LogP contribution in [0.5, 0.6) is 0 Å². The van der Waals surface area contributed by atoms with Gasteiger partial charge in [-0.3, -0.25) is 0 Å². The molecule has 3 rings (SSSR count). The summed E-state index contributed by atoms with van der Waals surface area (Å²) < 4.78 is 0. The summed E-state index contributed by atoms with van der Waals surface area (Å²) in [6.07, 6.45) is 49.8. The molecule has 3 aliphatic rings. The van der Waals surface area contributed by atoms with Crippen molar-refractivity contribution in [2.24, 2.45) is 22.2 Å². The second-order valence-corrected chi connectivity index (χ2v) is 22.0. The van der Waals surface area contributed by atoms with Gasteiger partial charge in [-0.1, -0.05) is 216 Å². The third-order valence-corrected chi connectivity index (χ3v) is 14.3. The van der Waals surface area contributed by atoms with E-state index in [-0.39, 0.29) is 0 Å². The fraction of sp³-hybridized carbons (Fsp3) is 0.594. The molecule has 3 aliphatic carbocycles. The Labute approximate surface area is 405 Å². The zero-order valence-corrected chi connectivity index (χ0v) is 45.9. The molecule has 1 nitrogen and oxygen atoms in total. The van der Waals surface area contributed by atoms with Crippen LogP contribution in [0.2, 0.25) is 0 Å². The summed E-state index contributed by atoms with van der Waals surface area (Å²) in [4.78, 5) is 0. The summed E-state index contributed by atoms with van der Waals surface area (Å²) in [5.41, 5.74) is 17.8. The van der Waals surface area contributed by atoms with Crippen LogP contribution in [0.4, 0.5) is 0 Å². The van der Waals surface area contributed by atoms with Crippen LogP contribution in [-0.4, -0.2) is 13.1 Å². The molecule has 0 fully saturated rings. The Bertz CT molecular complexity index is 1830. The van der Waals surface area contributed by atoms with Crippen LogP contribution in [0, 0.1) is 22.2 Å². The van der Waals surface area contributed by atoms with Crippen LogP contribution in [0.25, 0.3) is 0 Å². The predicted molar refractivity (Wildman–Crippen MR) is 298 cm³/mol. The molecule has 1 unspecified atom stereocenters. The van der Waals surface area contributed by atoms with Gasteiger partial charge in [0.2, 0.25) is 0 Å². The summed E-state index contributed by atoms with van der Waals surface area (Å²) in [6.45, 7) is 44.8. The zero-order valence-electron chi connectivity index (χ0n) is 45.9. The first kappa shape index (κ1) is 59.6. The van der Waals surface area contributed by atoms with Crippen molar-refractivity contribution in [2.45, 2.75) is 214 Å². The summed E-state index contributed by atoms with van der Waals surface area (Å²) in [6, 6.07) is 0. The summed E-state index contributed by atoms with van der Waals surface area (Å²) in [5.74, 6) is 0.672. The van der Waals surface area contributed by atoms with E-state index in [0.29, 0.717) is 22.2 Å². The lowest BCUT2D eigenvalue weighted by atomic mass is 9.71. The summed E-state index contributed by atoms with van der Waals surface area (Å²) in [5, 5.41) is 3.40. The van der Waals surface area contributed by atoms with E-state index in [4.69, 9.17) is 0 Å². The van der Waals surface area contributed by atoms with Crippen LogP contribution in [-0.2, 0) is 0 Å². The van der Waals surface area contributed by atoms with Gasteiger partial charge in [-0.2, -0.15) is 0 Å². The molecule has 0 aromatic heterocycles. The third-order valence-electron chi connectivity index (χ3n) is 14.3. The van der Waals surface area contributed by atoms with Crippen molar-refractivity contribution in [3.05, 3.63) is 153 Å². The first-order valence-corrected chi connectivity index (χ1v) is 26.1. The van der Waals surface area contributed by atoms with Crippen molar-refractivity contribution >= 4 is 0 Å². The van der Waals surface area contributed by atoms with E-state index in [1.807, 2.05) is 12.2 Å². The highest BCUT2D eigenvalue weighted by atomic mass is 14.8. The predicted octanol–water partition coefficient (Wildman–Crippen LogP) is 20.3. The van der Waals surface area contributed by atoms with Gasteiger partial charge in [-0.25, -0.2) is 0 Å². The van der Waals surface area contributed by atoms with Crippen LogP contribution in [0.3, 0.4) is 0 Å². The number of nitrogens with one attached hydrogen (secondary N) is 1. The fourth-order valence-corrected chi connectivity index (χ4v) is 9.63. The maximum absolute atomic E-state index is 3.71. The molecule has 0 saturated carbocycles. The Morgan fingerprint density at radius 1 is 0.615 bits per heavy atom. The van der Waals surface area contributed by atoms with E-state index in [1.54, 1.807) is 33.4 Å². The SMILES string of the molecule is C=C/C=C(C)/C=C\C=C(/C)CCC1=C(C)CCCC1(C)C.CCC(C)\C=C/C=C(C)/C=C/C1=C(C)CCCC1(C)C.CCCNC/C=C(C)/C=C\C=C(/C)CCC1=C(C)CCCC1(C)C. The van der Waals surface area contributed by atoms with E-state index in [0.717, 1.165) is 13.1 Å². The maximum Gasteiger partial charge on any atom is 0.0140 e. The summed E-state index contributed by atoms with van der Waals surface area (Å²) >= 11 is 0. The minimum Gasteiger partial charge on any atom is -0.313 e. The van der Waals surface area contributed by atoms with E-state index < -0.39 is 0 Å². The fourth-order valence-electron chi connectivity index (χ4n) is 9.63. The highest BCUT2D eigenvalue weighted by Gasteiger charge is 2.29. The van der Waals surface area contributed by atoms with Gasteiger partial charge in [0.25, 0.3) is 0 Å². The molecule has 1 N–H and O–H groups in total. The highest BCUT2D eigenvalue weighted by Crippen LogP contribution is 2.44. The second-order valence-electron chi connectivity index (χ2n) is 22.0. The minimum atomic E-state index is 0.339. The van der Waals surface area contributed by atoms with Gasteiger partial charge in [-0.15, -0.1) is 0 Å². The summed E-state index contributed by atoms with van der Waals surface area (Å²) in [7, 11) is 0. The van der Waals surface area contributed by atoms with Crippen molar-refractivity contribution in [2.75, 3.05) is 13.1 Å². The van der Waals surface area contributed by atoms with Gasteiger partial charge >= 0.3 is 0 Å². The molecule has 0 bridgehead atoms. The Balaban J connectivity index is 0.000000490. The lowest BCUT2D eigenvalue weighted by Gasteiger charge is -2.34. The van der Waals surface area contributed by atoms with E-state index in [1.165, 1.54) is 124 Å². The smallest absolute Gasteiger partial charge is 0.0140 e. The normalized spacial score (nSPS) is 20.5. The standard InChI is InChI=1S/C23H39N.C21H32.C20H32/c1-7-17-24-18-15-20(3)11-8-10-19(2)13-14-22-21(4)12-9-16-23(22,5)6;1-7-10-17(2)11-8-12-18(3)14-15-20-19(4)13-9-16-21(20,5)6;1-7-16(2)10-8-11-17(3)13-14-19-18(4)12-9-15-20(19,5)6/h8,10-11,15,24H,7,9,12-14,16-18H2,1-6H3;7-8,10-12H,1,9,13-16H2,2-6H3;8,10-11,13-14,16H,7,9,12,15H2,1-6H3/b11-8-,19-10+,20-15+;11-8-,17-10+,18-12+;10-8-,14-13+,17-11+. The van der Waals surface area contributed by atoms with Crippen molar-refractivity contribution in [3.63, 3.8) is 0 Å². The van der Waals surface area contributed by atoms with E-state index in [9.17, 15) is 0 Å². The molecule has 0 saturated heterocycles. The maximum atomic E-state index is 3.71. The molecule has 65 heavy (non-hydrogen) atoms. The number of rotatable bonds is 20. The molecule has 0 amide bonds. The van der Waals surface area contributed by atoms with Gasteiger partial charge in [-0.05, 0) is 180 Å². The van der Waals surface area contributed by atoms with E-state index in [2.05, 4.69) is 203 Å². The molecule has 0 radical (unpaired) electrons. The molecule has 0 aromatic carbocycles. The monoisotopic (exact) mass is 886 g/mol. The topological polar surface area (TPSA) is 12.0 Å². The van der Waals surface area contributed by atoms with Gasteiger partial charge in [0, 0.05) is 6.54 Å². The van der Waals surface area contributed by atoms with Crippen molar-refractivity contribution in [1.82, 2.24) is 5.32 Å². The van der Waals surface area contributed by atoms with Crippen LogP contribution >= 0.6 is 0 Å². The average molecular weight is 887 g/mol. The van der Waals surface area contributed by atoms with Crippen LogP contribution in [0.1, 0.15) is 214 Å². The van der Waals surface area contributed by atoms with Crippen molar-refractivity contribution < 1.29 is 0 Å². The molecule has 364 valence electrons. The highest BCUT2D eigenvalue weighted by molar-refractivity contribution is 5.37. The average Bonchev–Trinajstić information content (AvgIpc) is 3.21. The number of allylic oxidation sites excluding steroid dienone is 24. The zero-order chi connectivity index (χ0) is 49.1. The van der Waals surface area contributed by atoms with Crippen molar-refractivity contribution in [1.29, 1.82) is 0 Å². The Kier molecular flexibility index (Phi) is 28.9. The van der Waals surface area contributed by atoms with Crippen LogP contribution in [0.15, 0.2) is 153 Å². The molecule has 0 heterocycles. The first-order valence-electron chi connectivity index (χ1n) is 26.1. The van der Waals surface area contributed by atoms with Crippen LogP contribution < -0.4 is 5.32 Å². The van der Waals surface area contributed by atoms with Gasteiger partial charge in [0.1, 0.15) is 0 Å². The Morgan fingerprint density at radius 2 is 1.09 bits per heavy atom. The Hall–Kier alpha value is -3.42. The van der Waals surface area contributed by atoms with Gasteiger partial charge in [0.05, 0.1) is 0 Å². The lowest BCUT2D eigenvalue weighted by molar-refractivity contribution is 0.354. The molecule has 1 heteroatoms. The molecular weight excluding hydrogens is 783 g/mol. The first-order chi connectivity index (χ1) is 30.6. The number of hydrogen-bond donors (Lipinski definition) is 1. The van der Waals surface area contributed by atoms with Crippen molar-refractivity contribution in [3.8, 4) is 0 Å². The molecule has 0 aliphatic heterocycles. The second kappa shape index (κ2) is 31.5. The molecule has 0 aromatic rings. The van der Waals surface area contributed by atoms with Gasteiger partial charge in [0.15, 0.2) is 0 Å². The molecule has 0 spiro atoms. The largest absolute Gasteiger partial charge is 0.313 e. The lowest BCUT2D eigenvalue weighted by Crippen LogP contribution is -2.20. The Morgan fingerprint density at radius 3 is 1.55 bits per heavy atom. The third kappa shape index (κ3) is 24.8. The minimum absolute atomic E-state index is 0.339. The quantitative estimate of drug-likeness (QED) is 0.0730.